The van der Waals surface area contributed by atoms with Gasteiger partial charge in [-0.1, -0.05) is 13.8 Å². The van der Waals surface area contributed by atoms with E-state index in [1.165, 1.54) is 0 Å². The summed E-state index contributed by atoms with van der Waals surface area (Å²) in [5.41, 5.74) is 3.02. The van der Waals surface area contributed by atoms with Crippen molar-refractivity contribution in [1.29, 1.82) is 0 Å². The van der Waals surface area contributed by atoms with E-state index in [1.807, 2.05) is 12.1 Å². The molecule has 148 valence electrons. The van der Waals surface area contributed by atoms with E-state index >= 15 is 0 Å². The molecule has 0 spiro atoms. The highest BCUT2D eigenvalue weighted by Crippen LogP contribution is 2.46. The molecule has 1 aromatic rings. The predicted molar refractivity (Wildman–Crippen MR) is 107 cm³/mol. The second-order valence-electron chi connectivity index (χ2n) is 7.85. The molecule has 0 saturated heterocycles. The van der Waals surface area contributed by atoms with E-state index in [9.17, 15) is 13.6 Å². The van der Waals surface area contributed by atoms with Crippen LogP contribution in [0.4, 0.5) is 0 Å². The van der Waals surface area contributed by atoms with Gasteiger partial charge in [-0.2, -0.15) is 4.73 Å². The number of sulfone groups is 1. The van der Waals surface area contributed by atoms with Crippen molar-refractivity contribution in [3.05, 3.63) is 42.2 Å². The minimum Gasteiger partial charge on any atom is -0.492 e. The summed E-state index contributed by atoms with van der Waals surface area (Å²) in [6.45, 7) is 6.18. The Morgan fingerprint density at radius 3 is 2.61 bits per heavy atom. The van der Waals surface area contributed by atoms with Crippen molar-refractivity contribution in [2.45, 2.75) is 38.5 Å². The maximum absolute atomic E-state index is 12.5. The summed E-state index contributed by atoms with van der Waals surface area (Å²) in [7, 11) is -3.36. The van der Waals surface area contributed by atoms with Gasteiger partial charge in [-0.3, -0.25) is 0 Å². The normalized spacial score (nSPS) is 15.7. The zero-order valence-electron chi connectivity index (χ0n) is 16.3. The highest BCUT2D eigenvalue weighted by atomic mass is 32.2. The Morgan fingerprint density at radius 1 is 1.18 bits per heavy atom. The van der Waals surface area contributed by atoms with E-state index in [0.717, 1.165) is 28.7 Å². The fourth-order valence-corrected chi connectivity index (χ4v) is 4.16. The first kappa shape index (κ1) is 18.8. The molecule has 1 aliphatic carbocycles. The molecule has 6 nitrogen and oxygen atoms in total. The van der Waals surface area contributed by atoms with Crippen LogP contribution >= 0.6 is 0 Å². The van der Waals surface area contributed by atoms with Crippen LogP contribution in [0.5, 0.6) is 5.75 Å². The Hall–Kier alpha value is -2.54. The summed E-state index contributed by atoms with van der Waals surface area (Å²) in [4.78, 5) is 4.50. The van der Waals surface area contributed by atoms with Gasteiger partial charge in [0, 0.05) is 22.7 Å². The molecule has 1 fully saturated rings. The molecule has 2 heterocycles. The zero-order valence-corrected chi connectivity index (χ0v) is 17.1. The molecule has 7 heteroatoms. The first-order chi connectivity index (χ1) is 13.2. The highest BCUT2D eigenvalue weighted by molar-refractivity contribution is 7.91. The second-order valence-corrected chi connectivity index (χ2v) is 10.1. The average molecular weight is 401 g/mol. The van der Waals surface area contributed by atoms with Crippen LogP contribution in [0.15, 0.2) is 41.4 Å². The van der Waals surface area contributed by atoms with Crippen LogP contribution in [0.2, 0.25) is 0 Å². The smallest absolute Gasteiger partial charge is 0.178 e. The largest absolute Gasteiger partial charge is 0.492 e. The first-order valence-corrected chi connectivity index (χ1v) is 11.1. The van der Waals surface area contributed by atoms with Crippen molar-refractivity contribution in [2.75, 3.05) is 12.4 Å². The van der Waals surface area contributed by atoms with Crippen molar-refractivity contribution >= 4 is 9.84 Å². The number of nitrogens with zero attached hydrogens (tertiary/aromatic N) is 2. The van der Waals surface area contributed by atoms with Crippen molar-refractivity contribution < 1.29 is 18.4 Å². The average Bonchev–Trinajstić information content (AvgIpc) is 3.21. The number of hydrogen-bond acceptors (Lipinski definition) is 5. The van der Waals surface area contributed by atoms with Gasteiger partial charge in [0.1, 0.15) is 5.75 Å². The number of rotatable bonds is 6. The van der Waals surface area contributed by atoms with Crippen molar-refractivity contribution in [1.82, 2.24) is 9.71 Å². The number of ether oxygens (including phenoxy) is 1. The lowest BCUT2D eigenvalue weighted by atomic mass is 9.98. The van der Waals surface area contributed by atoms with Crippen LogP contribution in [0.3, 0.4) is 0 Å². The topological polar surface area (TPSA) is 81.4 Å². The van der Waals surface area contributed by atoms with Crippen LogP contribution in [0.1, 0.15) is 32.4 Å². The fraction of sp³-hybridized carbons (Fsp3) is 0.381. The Bertz CT molecular complexity index is 1110. The molecule has 0 unspecified atom stereocenters. The molecular weight excluding hydrogens is 376 g/mol. The third kappa shape index (κ3) is 3.24. The standard InChI is InChI=1S/C21H24N2O4S/c1-4-28(25,26)15-5-6-19(27-13-21(3)8-9-21)18(12-15)17-11-14(2)23(24)20-16(17)7-10-22-20/h5-7,10-12,24H,4,8-9,13H2,1-3H3. The summed E-state index contributed by atoms with van der Waals surface area (Å²) in [6, 6.07) is 8.65. The predicted octanol–water partition coefficient (Wildman–Crippen LogP) is 4.17. The third-order valence-electron chi connectivity index (χ3n) is 5.52. The number of aryl methyl sites for hydroxylation is 1. The summed E-state index contributed by atoms with van der Waals surface area (Å²) >= 11 is 0. The molecule has 4 rings (SSSR count). The lowest BCUT2D eigenvalue weighted by Crippen LogP contribution is -2.11. The molecule has 0 atom stereocenters. The van der Waals surface area contributed by atoms with Crippen LogP contribution in [-0.2, 0) is 9.84 Å². The lowest BCUT2D eigenvalue weighted by Gasteiger charge is -2.19. The van der Waals surface area contributed by atoms with E-state index in [1.54, 1.807) is 38.2 Å². The second kappa shape index (κ2) is 6.51. The summed E-state index contributed by atoms with van der Waals surface area (Å²) in [5.74, 6) is 1.10. The first-order valence-electron chi connectivity index (χ1n) is 9.40. The molecule has 1 saturated carbocycles. The third-order valence-corrected chi connectivity index (χ3v) is 7.25. The number of pyridine rings is 1. The highest BCUT2D eigenvalue weighted by Gasteiger charge is 2.38. The van der Waals surface area contributed by atoms with Gasteiger partial charge < -0.3 is 9.94 Å². The van der Waals surface area contributed by atoms with E-state index in [2.05, 4.69) is 11.9 Å². The quantitative estimate of drug-likeness (QED) is 0.628. The Kier molecular flexibility index (Phi) is 4.38. The molecule has 28 heavy (non-hydrogen) atoms. The Morgan fingerprint density at radius 2 is 1.93 bits per heavy atom. The summed E-state index contributed by atoms with van der Waals surface area (Å²) in [6.07, 6.45) is 3.89. The molecule has 3 aliphatic rings. The van der Waals surface area contributed by atoms with Gasteiger partial charge in [0.25, 0.3) is 0 Å². The minimum absolute atomic E-state index is 0.0303. The molecule has 1 aromatic carbocycles. The van der Waals surface area contributed by atoms with E-state index < -0.39 is 9.84 Å². The van der Waals surface area contributed by atoms with Gasteiger partial charge in [0.15, 0.2) is 15.7 Å². The van der Waals surface area contributed by atoms with E-state index in [0.29, 0.717) is 29.4 Å². The number of benzene rings is 1. The number of fused-ring (bicyclic) bond motifs is 1. The van der Waals surface area contributed by atoms with Crippen molar-refractivity contribution in [3.63, 3.8) is 0 Å². The van der Waals surface area contributed by atoms with Gasteiger partial charge in [0.2, 0.25) is 0 Å². The van der Waals surface area contributed by atoms with Gasteiger partial charge in [-0.15, -0.1) is 0 Å². The molecular formula is C21H24N2O4S. The molecule has 1 N–H and O–H groups in total. The van der Waals surface area contributed by atoms with Crippen molar-refractivity contribution in [2.24, 2.45) is 5.41 Å². The van der Waals surface area contributed by atoms with Crippen LogP contribution in [0, 0.1) is 12.3 Å². The minimum atomic E-state index is -3.36. The molecule has 0 bridgehead atoms. The Labute approximate surface area is 165 Å². The molecule has 2 aliphatic heterocycles. The molecule has 0 amide bonds. The summed E-state index contributed by atoms with van der Waals surface area (Å²) < 4.78 is 32.1. The Balaban J connectivity index is 1.89. The van der Waals surface area contributed by atoms with Crippen LogP contribution in [-0.4, -0.2) is 35.7 Å². The maximum Gasteiger partial charge on any atom is 0.178 e. The van der Waals surface area contributed by atoms with Crippen LogP contribution in [0.25, 0.3) is 22.5 Å². The van der Waals surface area contributed by atoms with Gasteiger partial charge in [-0.05, 0) is 55.7 Å². The molecule has 0 radical (unpaired) electrons. The van der Waals surface area contributed by atoms with E-state index in [-0.39, 0.29) is 16.1 Å². The molecule has 0 aromatic heterocycles. The van der Waals surface area contributed by atoms with Gasteiger partial charge in [0.05, 0.1) is 22.9 Å². The number of hydrogen-bond donors (Lipinski definition) is 1. The summed E-state index contributed by atoms with van der Waals surface area (Å²) in [5, 5.41) is 10.3. The maximum atomic E-state index is 12.5. The fourth-order valence-electron chi connectivity index (χ4n) is 3.26. The monoisotopic (exact) mass is 400 g/mol. The zero-order chi connectivity index (χ0) is 20.1. The lowest BCUT2D eigenvalue weighted by molar-refractivity contribution is 0.180. The van der Waals surface area contributed by atoms with E-state index in [4.69, 9.17) is 4.74 Å². The van der Waals surface area contributed by atoms with Crippen LogP contribution < -0.4 is 4.74 Å². The van der Waals surface area contributed by atoms with Gasteiger partial charge >= 0.3 is 0 Å². The SMILES string of the molecule is CCS(=O)(=O)c1ccc(OCC2(C)CC2)c(-c2cc(C)n(O)c3nccc2-3)c1. The van der Waals surface area contributed by atoms with Crippen molar-refractivity contribution in [3.8, 4) is 28.3 Å². The van der Waals surface area contributed by atoms with Gasteiger partial charge in [-0.25, -0.2) is 13.4 Å². The number of aromatic nitrogens is 2.